The van der Waals surface area contributed by atoms with Gasteiger partial charge in [-0.3, -0.25) is 4.79 Å². The first-order valence-corrected chi connectivity index (χ1v) is 9.52. The van der Waals surface area contributed by atoms with Gasteiger partial charge in [0.1, 0.15) is 5.56 Å². The Morgan fingerprint density at radius 2 is 1.86 bits per heavy atom. The predicted octanol–water partition coefficient (Wildman–Crippen LogP) is 4.92. The smallest absolute Gasteiger partial charge is 0.341 e. The van der Waals surface area contributed by atoms with Crippen LogP contribution in [0.5, 0.6) is 5.88 Å². The van der Waals surface area contributed by atoms with E-state index >= 15 is 0 Å². The van der Waals surface area contributed by atoms with Crippen LogP contribution in [0.1, 0.15) is 23.0 Å². The Labute approximate surface area is 177 Å². The summed E-state index contributed by atoms with van der Waals surface area (Å²) in [7, 11) is 1.49. The van der Waals surface area contributed by atoms with Crippen molar-refractivity contribution in [2.24, 2.45) is 0 Å². The lowest BCUT2D eigenvalue weighted by Gasteiger charge is -2.21. The monoisotopic (exact) mass is 432 g/mol. The minimum Gasteiger partial charge on any atom is -0.481 e. The molecule has 0 saturated heterocycles. The first kappa shape index (κ1) is 20.9. The number of ether oxygens (including phenoxy) is 1. The third kappa shape index (κ3) is 3.73. The van der Waals surface area contributed by atoms with Crippen LogP contribution in [0, 0.1) is 6.92 Å². The van der Waals surface area contributed by atoms with Crippen LogP contribution in [0.3, 0.4) is 0 Å². The van der Waals surface area contributed by atoms with Crippen molar-refractivity contribution in [3.63, 3.8) is 0 Å². The Morgan fingerprint density at radius 1 is 1.17 bits per heavy atom. The third-order valence-electron chi connectivity index (χ3n) is 4.68. The summed E-state index contributed by atoms with van der Waals surface area (Å²) in [5.74, 6) is -0.922. The van der Waals surface area contributed by atoms with Crippen molar-refractivity contribution in [2.45, 2.75) is 20.4 Å². The zero-order valence-electron chi connectivity index (χ0n) is 16.0. The van der Waals surface area contributed by atoms with Gasteiger partial charge in [0, 0.05) is 35.6 Å². The molecule has 0 aliphatic carbocycles. The normalized spacial score (nSPS) is 10.8. The van der Waals surface area contributed by atoms with Crippen LogP contribution in [-0.4, -0.2) is 27.7 Å². The summed E-state index contributed by atoms with van der Waals surface area (Å²) in [5, 5.41) is 10.5. The number of rotatable bonds is 5. The van der Waals surface area contributed by atoms with E-state index in [4.69, 9.17) is 27.9 Å². The van der Waals surface area contributed by atoms with Crippen molar-refractivity contribution in [3.8, 4) is 28.3 Å². The second kappa shape index (κ2) is 8.27. The van der Waals surface area contributed by atoms with E-state index in [9.17, 15) is 14.7 Å². The van der Waals surface area contributed by atoms with Gasteiger partial charge in [0.05, 0.1) is 28.4 Å². The fourth-order valence-corrected chi connectivity index (χ4v) is 3.66. The molecule has 0 fully saturated rings. The number of nitrogens with zero attached hydrogens (tertiary/aromatic N) is 2. The van der Waals surface area contributed by atoms with E-state index < -0.39 is 11.4 Å². The largest absolute Gasteiger partial charge is 0.481 e. The second-order valence-electron chi connectivity index (χ2n) is 6.28. The highest BCUT2D eigenvalue weighted by molar-refractivity contribution is 6.42. The summed E-state index contributed by atoms with van der Waals surface area (Å²) in [6.45, 7) is 4.09. The predicted molar refractivity (Wildman–Crippen MR) is 113 cm³/mol. The van der Waals surface area contributed by atoms with Gasteiger partial charge in [-0.1, -0.05) is 29.3 Å². The molecule has 150 valence electrons. The SMILES string of the molecule is CCn1c(C)c(-c2ccc(OC)nc2)c(=O)c(C(=O)O)c1-c1ccc(Cl)c(Cl)c1. The van der Waals surface area contributed by atoms with Gasteiger partial charge < -0.3 is 14.4 Å². The maximum atomic E-state index is 13.3. The summed E-state index contributed by atoms with van der Waals surface area (Å²) >= 11 is 12.1. The van der Waals surface area contributed by atoms with Crippen molar-refractivity contribution in [1.29, 1.82) is 0 Å². The molecule has 0 spiro atoms. The van der Waals surface area contributed by atoms with E-state index in [0.29, 0.717) is 34.3 Å². The number of aromatic nitrogens is 2. The fourth-order valence-electron chi connectivity index (χ4n) is 3.36. The van der Waals surface area contributed by atoms with Gasteiger partial charge in [-0.05, 0) is 32.0 Å². The van der Waals surface area contributed by atoms with Crippen molar-refractivity contribution in [2.75, 3.05) is 7.11 Å². The number of halogens is 2. The molecule has 0 aliphatic rings. The number of carboxylic acids is 1. The van der Waals surface area contributed by atoms with Crippen LogP contribution in [0.4, 0.5) is 0 Å². The van der Waals surface area contributed by atoms with Crippen molar-refractivity contribution >= 4 is 29.2 Å². The maximum absolute atomic E-state index is 13.3. The molecule has 6 nitrogen and oxygen atoms in total. The van der Waals surface area contributed by atoms with Crippen molar-refractivity contribution in [1.82, 2.24) is 9.55 Å². The molecule has 0 bridgehead atoms. The Balaban J connectivity index is 2.40. The number of hydrogen-bond acceptors (Lipinski definition) is 4. The Kier molecular flexibility index (Phi) is 5.96. The highest BCUT2D eigenvalue weighted by Crippen LogP contribution is 2.33. The molecule has 1 aromatic carbocycles. The van der Waals surface area contributed by atoms with Crippen LogP contribution in [0.25, 0.3) is 22.4 Å². The molecule has 0 atom stereocenters. The average molecular weight is 433 g/mol. The van der Waals surface area contributed by atoms with Gasteiger partial charge in [-0.25, -0.2) is 9.78 Å². The van der Waals surface area contributed by atoms with Gasteiger partial charge in [0.15, 0.2) is 0 Å². The Hall–Kier alpha value is -2.83. The molecule has 3 aromatic rings. The topological polar surface area (TPSA) is 81.4 Å². The molecule has 2 aromatic heterocycles. The number of benzene rings is 1. The molecule has 8 heteroatoms. The van der Waals surface area contributed by atoms with Gasteiger partial charge in [0.25, 0.3) is 0 Å². The van der Waals surface area contributed by atoms with E-state index in [1.54, 1.807) is 41.8 Å². The average Bonchev–Trinajstić information content (AvgIpc) is 2.70. The number of hydrogen-bond donors (Lipinski definition) is 1. The van der Waals surface area contributed by atoms with Crippen LogP contribution in [0.2, 0.25) is 10.0 Å². The molecule has 1 N–H and O–H groups in total. The van der Waals surface area contributed by atoms with Crippen LogP contribution >= 0.6 is 23.2 Å². The molecule has 0 aliphatic heterocycles. The van der Waals surface area contributed by atoms with Gasteiger partial charge >= 0.3 is 5.97 Å². The Bertz CT molecular complexity index is 1150. The summed E-state index contributed by atoms with van der Waals surface area (Å²) in [4.78, 5) is 29.5. The van der Waals surface area contributed by atoms with Crippen LogP contribution < -0.4 is 10.2 Å². The van der Waals surface area contributed by atoms with E-state index in [2.05, 4.69) is 4.98 Å². The quantitative estimate of drug-likeness (QED) is 0.618. The lowest BCUT2D eigenvalue weighted by atomic mass is 9.97. The van der Waals surface area contributed by atoms with Crippen LogP contribution in [0.15, 0.2) is 41.3 Å². The molecule has 0 amide bonds. The summed E-state index contributed by atoms with van der Waals surface area (Å²) in [6, 6.07) is 8.09. The van der Waals surface area contributed by atoms with Crippen molar-refractivity contribution < 1.29 is 14.6 Å². The number of carboxylic acid groups (broad SMARTS) is 1. The minimum atomic E-state index is -1.32. The third-order valence-corrected chi connectivity index (χ3v) is 5.42. The second-order valence-corrected chi connectivity index (χ2v) is 7.10. The summed E-state index contributed by atoms with van der Waals surface area (Å²) in [6.07, 6.45) is 1.49. The molecule has 0 saturated carbocycles. The molecule has 3 rings (SSSR count). The van der Waals surface area contributed by atoms with E-state index in [-0.39, 0.29) is 21.8 Å². The molecule has 29 heavy (non-hydrogen) atoms. The number of aromatic carboxylic acids is 1. The van der Waals surface area contributed by atoms with Crippen LogP contribution in [-0.2, 0) is 6.54 Å². The molecule has 0 radical (unpaired) electrons. The molecular weight excluding hydrogens is 415 g/mol. The zero-order valence-corrected chi connectivity index (χ0v) is 17.5. The molecular formula is C21H18Cl2N2O4. The van der Waals surface area contributed by atoms with Gasteiger partial charge in [-0.2, -0.15) is 0 Å². The first-order chi connectivity index (χ1) is 13.8. The first-order valence-electron chi connectivity index (χ1n) is 8.76. The van der Waals surface area contributed by atoms with Gasteiger partial charge in [-0.15, -0.1) is 0 Å². The maximum Gasteiger partial charge on any atom is 0.341 e. The highest BCUT2D eigenvalue weighted by Gasteiger charge is 2.26. The summed E-state index contributed by atoms with van der Waals surface area (Å²) in [5.41, 5.74) is 1.27. The lowest BCUT2D eigenvalue weighted by Crippen LogP contribution is -2.25. The minimum absolute atomic E-state index is 0.275. The zero-order chi connectivity index (χ0) is 21.3. The number of carbonyl (C=O) groups is 1. The van der Waals surface area contributed by atoms with Gasteiger partial charge in [0.2, 0.25) is 11.3 Å². The molecule has 2 heterocycles. The standard InChI is InChI=1S/C21H18Cl2N2O4/c1-4-25-11(2)17(13-6-8-16(29-3)24-10-13)20(26)18(21(27)28)19(25)12-5-7-14(22)15(23)9-12/h5-10H,4H2,1-3H3,(H,27,28). The highest BCUT2D eigenvalue weighted by atomic mass is 35.5. The Morgan fingerprint density at radius 3 is 2.38 bits per heavy atom. The van der Waals surface area contributed by atoms with E-state index in [0.717, 1.165) is 0 Å². The van der Waals surface area contributed by atoms with E-state index in [1.165, 1.54) is 13.3 Å². The number of pyridine rings is 2. The fraction of sp³-hybridized carbons (Fsp3) is 0.190. The lowest BCUT2D eigenvalue weighted by molar-refractivity contribution is 0.0695. The van der Waals surface area contributed by atoms with E-state index in [1.807, 2.05) is 6.92 Å². The molecule has 0 unspecified atom stereocenters. The summed E-state index contributed by atoms with van der Waals surface area (Å²) < 4.78 is 6.84. The van der Waals surface area contributed by atoms with Crippen molar-refractivity contribution in [3.05, 3.63) is 68.1 Å². The number of methoxy groups -OCH3 is 1.